The average molecular weight is 387 g/mol. The van der Waals surface area contributed by atoms with Gasteiger partial charge in [0.1, 0.15) is 5.82 Å². The van der Waals surface area contributed by atoms with Gasteiger partial charge in [-0.25, -0.2) is 4.98 Å². The fraction of sp³-hybridized carbons (Fsp3) is 0.348. The van der Waals surface area contributed by atoms with Gasteiger partial charge in [-0.05, 0) is 42.0 Å². The molecule has 6 nitrogen and oxygen atoms in total. The molecule has 148 valence electrons. The van der Waals surface area contributed by atoms with Crippen molar-refractivity contribution >= 4 is 27.8 Å². The highest BCUT2D eigenvalue weighted by Gasteiger charge is 2.31. The van der Waals surface area contributed by atoms with Crippen LogP contribution in [0.1, 0.15) is 42.4 Å². The average Bonchev–Trinajstić information content (AvgIpc) is 3.45. The first kappa shape index (κ1) is 17.9. The molecule has 0 bridgehead atoms. The Hall–Kier alpha value is -3.15. The number of amides is 1. The zero-order valence-electron chi connectivity index (χ0n) is 16.8. The number of carbonyl (C=O) groups is 1. The maximum atomic E-state index is 13.1. The lowest BCUT2D eigenvalue weighted by Gasteiger charge is -2.18. The van der Waals surface area contributed by atoms with Crippen molar-refractivity contribution in [2.45, 2.75) is 32.7 Å². The lowest BCUT2D eigenvalue weighted by molar-refractivity contribution is 0.0790. The zero-order valence-corrected chi connectivity index (χ0v) is 16.8. The molecule has 1 N–H and O–H groups in total. The number of nitrogens with one attached hydrogen (secondary N) is 1. The summed E-state index contributed by atoms with van der Waals surface area (Å²) in [5.74, 6) is 1.94. The Balaban J connectivity index is 1.42. The van der Waals surface area contributed by atoms with Crippen molar-refractivity contribution < 1.29 is 4.79 Å². The minimum Gasteiger partial charge on any atom is -0.361 e. The monoisotopic (exact) mass is 387 g/mol. The molecule has 5 rings (SSSR count). The van der Waals surface area contributed by atoms with Gasteiger partial charge >= 0.3 is 0 Å². The maximum absolute atomic E-state index is 13.1. The van der Waals surface area contributed by atoms with Crippen molar-refractivity contribution in [1.82, 2.24) is 24.4 Å². The number of hydrogen-bond acceptors (Lipinski definition) is 3. The van der Waals surface area contributed by atoms with E-state index in [0.717, 1.165) is 52.8 Å². The molecule has 1 aromatic carbocycles. The van der Waals surface area contributed by atoms with Gasteiger partial charge in [-0.1, -0.05) is 19.9 Å². The zero-order chi connectivity index (χ0) is 20.0. The van der Waals surface area contributed by atoms with Gasteiger partial charge in [0.05, 0.1) is 17.2 Å². The molecule has 0 aliphatic carbocycles. The predicted molar refractivity (Wildman–Crippen MR) is 114 cm³/mol. The van der Waals surface area contributed by atoms with E-state index < -0.39 is 0 Å². The highest BCUT2D eigenvalue weighted by molar-refractivity contribution is 5.98. The van der Waals surface area contributed by atoms with E-state index in [0.29, 0.717) is 12.5 Å². The van der Waals surface area contributed by atoms with E-state index in [1.54, 1.807) is 6.20 Å². The van der Waals surface area contributed by atoms with Crippen LogP contribution in [0.3, 0.4) is 0 Å². The van der Waals surface area contributed by atoms with Gasteiger partial charge in [0.15, 0.2) is 0 Å². The number of aromatic nitrogens is 4. The smallest absolute Gasteiger partial charge is 0.253 e. The molecule has 1 aliphatic heterocycles. The molecule has 1 fully saturated rings. The summed E-state index contributed by atoms with van der Waals surface area (Å²) >= 11 is 0. The molecular formula is C23H25N5O. The van der Waals surface area contributed by atoms with Gasteiger partial charge in [-0.3, -0.25) is 9.78 Å². The van der Waals surface area contributed by atoms with Gasteiger partial charge in [-0.15, -0.1) is 0 Å². The molecule has 1 aliphatic rings. The summed E-state index contributed by atoms with van der Waals surface area (Å²) in [6.07, 6.45) is 6.53. The van der Waals surface area contributed by atoms with Crippen LogP contribution in [0.5, 0.6) is 0 Å². The Morgan fingerprint density at radius 1 is 1.28 bits per heavy atom. The molecule has 4 heterocycles. The lowest BCUT2D eigenvalue weighted by Crippen LogP contribution is -2.28. The number of rotatable bonds is 4. The largest absolute Gasteiger partial charge is 0.361 e. The van der Waals surface area contributed by atoms with Gasteiger partial charge in [0.2, 0.25) is 0 Å². The number of likely N-dealkylation sites (tertiary alicyclic amines) is 1. The second kappa shape index (κ2) is 7.03. The van der Waals surface area contributed by atoms with Crippen LogP contribution in [0.25, 0.3) is 21.9 Å². The molecule has 0 saturated carbocycles. The first-order valence-electron chi connectivity index (χ1n) is 10.3. The Morgan fingerprint density at radius 3 is 3.03 bits per heavy atom. The first-order valence-corrected chi connectivity index (χ1v) is 10.3. The summed E-state index contributed by atoms with van der Waals surface area (Å²) in [5, 5.41) is 1.12. The topological polar surface area (TPSA) is 66.8 Å². The second-order valence-electron chi connectivity index (χ2n) is 8.36. The highest BCUT2D eigenvalue weighted by atomic mass is 16.2. The number of imidazole rings is 1. The minimum atomic E-state index is 0.0946. The van der Waals surface area contributed by atoms with E-state index in [1.807, 2.05) is 47.6 Å². The number of benzene rings is 1. The molecular weight excluding hydrogens is 362 g/mol. The van der Waals surface area contributed by atoms with Crippen LogP contribution in [0.15, 0.2) is 48.9 Å². The van der Waals surface area contributed by atoms with Crippen molar-refractivity contribution in [3.05, 3.63) is 60.3 Å². The molecule has 29 heavy (non-hydrogen) atoms. The van der Waals surface area contributed by atoms with Crippen molar-refractivity contribution in [2.75, 3.05) is 13.1 Å². The third-order valence-corrected chi connectivity index (χ3v) is 5.77. The van der Waals surface area contributed by atoms with Crippen LogP contribution in [0, 0.1) is 5.92 Å². The Kier molecular flexibility index (Phi) is 4.34. The standard InChI is InChI=1S/C23H25N5O/c1-15(2)13-28-21-12-24-8-6-19(21)26-22(28)18-7-10-27(14-18)23(29)17-4-3-16-5-9-25-20(16)11-17/h3-6,8-9,11-12,15,18,25H,7,10,13-14H2,1-2H3/t18-/m1/s1. The summed E-state index contributed by atoms with van der Waals surface area (Å²) in [5.41, 5.74) is 3.80. The molecule has 1 amide bonds. The van der Waals surface area contributed by atoms with E-state index in [-0.39, 0.29) is 11.8 Å². The lowest BCUT2D eigenvalue weighted by atomic mass is 10.1. The molecule has 3 aromatic heterocycles. The summed E-state index contributed by atoms with van der Waals surface area (Å²) in [6, 6.07) is 9.86. The van der Waals surface area contributed by atoms with Gasteiger partial charge in [0, 0.05) is 49.0 Å². The normalized spacial score (nSPS) is 17.1. The predicted octanol–water partition coefficient (Wildman–Crippen LogP) is 4.20. The molecule has 6 heteroatoms. The molecule has 4 aromatic rings. The molecule has 1 saturated heterocycles. The number of H-pyrrole nitrogens is 1. The van der Waals surface area contributed by atoms with Crippen LogP contribution in [0.2, 0.25) is 0 Å². The van der Waals surface area contributed by atoms with Crippen LogP contribution in [-0.2, 0) is 6.54 Å². The third-order valence-electron chi connectivity index (χ3n) is 5.77. The SMILES string of the molecule is CC(C)Cn1c([C@@H]2CCN(C(=O)c3ccc4cc[nH]c4c3)C2)nc2ccncc21. The van der Waals surface area contributed by atoms with Crippen molar-refractivity contribution in [1.29, 1.82) is 0 Å². The van der Waals surface area contributed by atoms with E-state index in [9.17, 15) is 4.79 Å². The number of carbonyl (C=O) groups excluding carboxylic acids is 1. The quantitative estimate of drug-likeness (QED) is 0.571. The summed E-state index contributed by atoms with van der Waals surface area (Å²) in [6.45, 7) is 6.80. The Morgan fingerprint density at radius 2 is 2.17 bits per heavy atom. The van der Waals surface area contributed by atoms with Gasteiger partial charge < -0.3 is 14.5 Å². The molecule has 0 spiro atoms. The number of hydrogen-bond donors (Lipinski definition) is 1. The number of fused-ring (bicyclic) bond motifs is 2. The minimum absolute atomic E-state index is 0.0946. The molecule has 0 radical (unpaired) electrons. The third kappa shape index (κ3) is 3.18. The van der Waals surface area contributed by atoms with Crippen molar-refractivity contribution in [3.8, 4) is 0 Å². The molecule has 0 unspecified atom stereocenters. The number of nitrogens with zero attached hydrogens (tertiary/aromatic N) is 4. The van der Waals surface area contributed by atoms with E-state index >= 15 is 0 Å². The Bertz CT molecular complexity index is 1190. The summed E-state index contributed by atoms with van der Waals surface area (Å²) < 4.78 is 2.30. The van der Waals surface area contributed by atoms with Gasteiger partial charge in [0.25, 0.3) is 5.91 Å². The van der Waals surface area contributed by atoms with Crippen molar-refractivity contribution in [2.24, 2.45) is 5.92 Å². The van der Waals surface area contributed by atoms with Crippen LogP contribution in [-0.4, -0.2) is 43.4 Å². The van der Waals surface area contributed by atoms with Crippen molar-refractivity contribution in [3.63, 3.8) is 0 Å². The Labute approximate surface area is 169 Å². The summed E-state index contributed by atoms with van der Waals surface area (Å²) in [4.78, 5) is 27.5. The fourth-order valence-corrected chi connectivity index (χ4v) is 4.38. The second-order valence-corrected chi connectivity index (χ2v) is 8.36. The number of aromatic amines is 1. The first-order chi connectivity index (χ1) is 14.1. The fourth-order valence-electron chi connectivity index (χ4n) is 4.38. The van der Waals surface area contributed by atoms with E-state index in [2.05, 4.69) is 28.4 Å². The van der Waals surface area contributed by atoms with Crippen LogP contribution in [0.4, 0.5) is 0 Å². The van der Waals surface area contributed by atoms with Crippen LogP contribution >= 0.6 is 0 Å². The van der Waals surface area contributed by atoms with E-state index in [1.165, 1.54) is 0 Å². The maximum Gasteiger partial charge on any atom is 0.253 e. The summed E-state index contributed by atoms with van der Waals surface area (Å²) in [7, 11) is 0. The van der Waals surface area contributed by atoms with Gasteiger partial charge in [-0.2, -0.15) is 0 Å². The van der Waals surface area contributed by atoms with Crippen LogP contribution < -0.4 is 0 Å². The van der Waals surface area contributed by atoms with E-state index in [4.69, 9.17) is 4.98 Å². The number of pyridine rings is 1. The molecule has 1 atom stereocenters. The highest BCUT2D eigenvalue weighted by Crippen LogP contribution is 2.31.